The summed E-state index contributed by atoms with van der Waals surface area (Å²) in [6.07, 6.45) is 8.07. The second-order valence-corrected chi connectivity index (χ2v) is 3.44. The van der Waals surface area contributed by atoms with E-state index in [0.717, 1.165) is 6.42 Å². The first-order chi connectivity index (χ1) is 6.12. The molecule has 0 saturated heterocycles. The zero-order valence-corrected chi connectivity index (χ0v) is 8.93. The largest absolute Gasteiger partial charge is 0.378 e. The molecule has 0 heterocycles. The highest BCUT2D eigenvalue weighted by atomic mass is 16.3. The molecule has 13 heavy (non-hydrogen) atoms. The molecule has 0 aliphatic rings. The van der Waals surface area contributed by atoms with Crippen LogP contribution in [0, 0.1) is 11.8 Å². The van der Waals surface area contributed by atoms with Gasteiger partial charge in [0.15, 0.2) is 0 Å². The highest BCUT2D eigenvalue weighted by Gasteiger charge is 2.11. The lowest BCUT2D eigenvalue weighted by molar-refractivity contribution is 0.118. The summed E-state index contributed by atoms with van der Waals surface area (Å²) in [7, 11) is 0. The minimum Gasteiger partial charge on any atom is -0.378 e. The van der Waals surface area contributed by atoms with Crippen LogP contribution in [0.2, 0.25) is 0 Å². The highest BCUT2D eigenvalue weighted by molar-refractivity contribution is 5.21. The zero-order valence-electron chi connectivity index (χ0n) is 8.93. The summed E-state index contributed by atoms with van der Waals surface area (Å²) in [5, 5.41) is 9.52. The number of hydrogen-bond acceptors (Lipinski definition) is 1. The SMILES string of the molecule is CCCC/C=C/C#CC(C)(O)CC. The molecule has 0 rings (SSSR count). The Morgan fingerprint density at radius 1 is 1.38 bits per heavy atom. The number of allylic oxidation sites excluding steroid dienone is 2. The van der Waals surface area contributed by atoms with Crippen LogP contribution in [-0.4, -0.2) is 10.7 Å². The first-order valence-corrected chi connectivity index (χ1v) is 5.02. The molecule has 0 spiro atoms. The first-order valence-electron chi connectivity index (χ1n) is 5.02. The molecule has 0 aliphatic carbocycles. The molecule has 0 amide bonds. The Balaban J connectivity index is 3.78. The predicted octanol–water partition coefficient (Wildman–Crippen LogP) is 2.90. The van der Waals surface area contributed by atoms with E-state index in [2.05, 4.69) is 24.8 Å². The Labute approximate surface area is 81.9 Å². The van der Waals surface area contributed by atoms with Gasteiger partial charge in [0, 0.05) is 0 Å². The van der Waals surface area contributed by atoms with Crippen LogP contribution in [0.4, 0.5) is 0 Å². The first kappa shape index (κ1) is 12.3. The lowest BCUT2D eigenvalue weighted by Gasteiger charge is -2.11. The van der Waals surface area contributed by atoms with Crippen LogP contribution in [0.25, 0.3) is 0 Å². The molecule has 74 valence electrons. The van der Waals surface area contributed by atoms with Crippen molar-refractivity contribution < 1.29 is 5.11 Å². The second kappa shape index (κ2) is 6.74. The fraction of sp³-hybridized carbons (Fsp3) is 0.667. The third-order valence-electron chi connectivity index (χ3n) is 1.96. The van der Waals surface area contributed by atoms with E-state index in [9.17, 15) is 5.11 Å². The van der Waals surface area contributed by atoms with E-state index >= 15 is 0 Å². The van der Waals surface area contributed by atoms with Crippen LogP contribution < -0.4 is 0 Å². The van der Waals surface area contributed by atoms with Gasteiger partial charge in [-0.05, 0) is 25.8 Å². The van der Waals surface area contributed by atoms with E-state index in [1.807, 2.05) is 13.0 Å². The van der Waals surface area contributed by atoms with Crippen LogP contribution in [0.15, 0.2) is 12.2 Å². The Hall–Kier alpha value is -0.740. The zero-order chi connectivity index (χ0) is 10.2. The van der Waals surface area contributed by atoms with Gasteiger partial charge in [0.25, 0.3) is 0 Å². The number of aliphatic hydroxyl groups is 1. The topological polar surface area (TPSA) is 20.2 Å². The van der Waals surface area contributed by atoms with Gasteiger partial charge in [-0.25, -0.2) is 0 Å². The van der Waals surface area contributed by atoms with Crippen LogP contribution in [0.5, 0.6) is 0 Å². The van der Waals surface area contributed by atoms with Crippen LogP contribution in [-0.2, 0) is 0 Å². The molecular weight excluding hydrogens is 160 g/mol. The Bertz CT molecular complexity index is 203. The van der Waals surface area contributed by atoms with Gasteiger partial charge in [-0.1, -0.05) is 44.6 Å². The minimum atomic E-state index is -0.824. The number of rotatable bonds is 4. The fourth-order valence-corrected chi connectivity index (χ4v) is 0.750. The molecule has 1 nitrogen and oxygen atoms in total. The van der Waals surface area contributed by atoms with Crippen LogP contribution >= 0.6 is 0 Å². The van der Waals surface area contributed by atoms with Gasteiger partial charge in [0.05, 0.1) is 0 Å². The van der Waals surface area contributed by atoms with Crippen molar-refractivity contribution in [2.75, 3.05) is 0 Å². The summed E-state index contributed by atoms with van der Waals surface area (Å²) in [5.74, 6) is 5.66. The molecule has 0 radical (unpaired) electrons. The summed E-state index contributed by atoms with van der Waals surface area (Å²) < 4.78 is 0. The molecule has 1 N–H and O–H groups in total. The van der Waals surface area contributed by atoms with Crippen molar-refractivity contribution in [3.8, 4) is 11.8 Å². The molecule has 1 heteroatoms. The molecule has 0 fully saturated rings. The monoisotopic (exact) mass is 180 g/mol. The normalized spacial score (nSPS) is 15.1. The van der Waals surface area contributed by atoms with Crippen molar-refractivity contribution in [3.05, 3.63) is 12.2 Å². The summed E-state index contributed by atoms with van der Waals surface area (Å²) in [4.78, 5) is 0. The number of hydrogen-bond donors (Lipinski definition) is 1. The van der Waals surface area contributed by atoms with Gasteiger partial charge in [-0.2, -0.15) is 0 Å². The molecule has 0 saturated carbocycles. The average Bonchev–Trinajstić information content (AvgIpc) is 2.11. The van der Waals surface area contributed by atoms with Crippen molar-refractivity contribution in [2.45, 2.75) is 52.1 Å². The van der Waals surface area contributed by atoms with Crippen molar-refractivity contribution in [1.29, 1.82) is 0 Å². The third kappa shape index (κ3) is 7.62. The van der Waals surface area contributed by atoms with E-state index < -0.39 is 5.60 Å². The van der Waals surface area contributed by atoms with Gasteiger partial charge in [-0.3, -0.25) is 0 Å². The van der Waals surface area contributed by atoms with Gasteiger partial charge in [-0.15, -0.1) is 0 Å². The van der Waals surface area contributed by atoms with Gasteiger partial charge < -0.3 is 5.11 Å². The maximum atomic E-state index is 9.52. The Morgan fingerprint density at radius 2 is 2.08 bits per heavy atom. The molecule has 0 aromatic carbocycles. The van der Waals surface area contributed by atoms with Gasteiger partial charge >= 0.3 is 0 Å². The standard InChI is InChI=1S/C12H20O/c1-4-6-7-8-9-10-11-12(3,13)5-2/h8-9,13H,4-7H2,1-3H3/b9-8+. The second-order valence-electron chi connectivity index (χ2n) is 3.44. The Morgan fingerprint density at radius 3 is 2.62 bits per heavy atom. The van der Waals surface area contributed by atoms with E-state index in [-0.39, 0.29) is 0 Å². The lowest BCUT2D eigenvalue weighted by atomic mass is 10.1. The summed E-state index contributed by atoms with van der Waals surface area (Å²) in [5.41, 5.74) is -0.824. The third-order valence-corrected chi connectivity index (χ3v) is 1.96. The molecule has 0 aromatic rings. The molecular formula is C12H20O. The summed E-state index contributed by atoms with van der Waals surface area (Å²) in [6, 6.07) is 0. The van der Waals surface area contributed by atoms with Crippen molar-refractivity contribution >= 4 is 0 Å². The predicted molar refractivity (Wildman–Crippen MR) is 57.4 cm³/mol. The summed E-state index contributed by atoms with van der Waals surface area (Å²) in [6.45, 7) is 5.83. The van der Waals surface area contributed by atoms with Crippen LogP contribution in [0.1, 0.15) is 46.5 Å². The maximum absolute atomic E-state index is 9.52. The van der Waals surface area contributed by atoms with E-state index in [0.29, 0.717) is 6.42 Å². The van der Waals surface area contributed by atoms with Gasteiger partial charge in [0.2, 0.25) is 0 Å². The van der Waals surface area contributed by atoms with Crippen LogP contribution in [0.3, 0.4) is 0 Å². The van der Waals surface area contributed by atoms with Crippen molar-refractivity contribution in [1.82, 2.24) is 0 Å². The lowest BCUT2D eigenvalue weighted by Crippen LogP contribution is -2.19. The fourth-order valence-electron chi connectivity index (χ4n) is 0.750. The number of unbranched alkanes of at least 4 members (excludes halogenated alkanes) is 2. The highest BCUT2D eigenvalue weighted by Crippen LogP contribution is 2.05. The van der Waals surface area contributed by atoms with Crippen molar-refractivity contribution in [3.63, 3.8) is 0 Å². The molecule has 1 unspecified atom stereocenters. The average molecular weight is 180 g/mol. The minimum absolute atomic E-state index is 0.669. The maximum Gasteiger partial charge on any atom is 0.122 e. The molecule has 1 atom stereocenters. The summed E-state index contributed by atoms with van der Waals surface area (Å²) >= 11 is 0. The molecule has 0 aliphatic heterocycles. The smallest absolute Gasteiger partial charge is 0.122 e. The van der Waals surface area contributed by atoms with Crippen molar-refractivity contribution in [2.24, 2.45) is 0 Å². The molecule has 0 bridgehead atoms. The quantitative estimate of drug-likeness (QED) is 0.521. The van der Waals surface area contributed by atoms with E-state index in [4.69, 9.17) is 0 Å². The van der Waals surface area contributed by atoms with Gasteiger partial charge in [0.1, 0.15) is 5.60 Å². The van der Waals surface area contributed by atoms with E-state index in [1.54, 1.807) is 6.92 Å². The molecule has 0 aromatic heterocycles. The Kier molecular flexibility index (Phi) is 6.36. The van der Waals surface area contributed by atoms with E-state index in [1.165, 1.54) is 12.8 Å².